The first-order valence-electron chi connectivity index (χ1n) is 5.32. The van der Waals surface area contributed by atoms with Crippen molar-refractivity contribution < 1.29 is 9.21 Å². The molecule has 0 spiro atoms. The SMILES string of the molecule is CC(NCC1CCC(=O)N1)c1ccco1. The second-order valence-electron chi connectivity index (χ2n) is 3.95. The number of hydrogen-bond donors (Lipinski definition) is 2. The van der Waals surface area contributed by atoms with Gasteiger partial charge in [0.25, 0.3) is 0 Å². The highest BCUT2D eigenvalue weighted by atomic mass is 16.3. The molecule has 2 heterocycles. The Morgan fingerprint density at radius 1 is 1.73 bits per heavy atom. The van der Waals surface area contributed by atoms with E-state index in [0.717, 1.165) is 18.7 Å². The molecular weight excluding hydrogens is 192 g/mol. The lowest BCUT2D eigenvalue weighted by molar-refractivity contribution is -0.119. The third-order valence-corrected chi connectivity index (χ3v) is 2.73. The van der Waals surface area contributed by atoms with E-state index in [4.69, 9.17) is 4.42 Å². The van der Waals surface area contributed by atoms with E-state index in [-0.39, 0.29) is 18.0 Å². The Kier molecular flexibility index (Phi) is 3.06. The highest BCUT2D eigenvalue weighted by Crippen LogP contribution is 2.13. The Morgan fingerprint density at radius 2 is 2.60 bits per heavy atom. The molecule has 0 aliphatic carbocycles. The fourth-order valence-corrected chi connectivity index (χ4v) is 1.79. The van der Waals surface area contributed by atoms with Gasteiger partial charge in [0.05, 0.1) is 12.3 Å². The van der Waals surface area contributed by atoms with Crippen LogP contribution in [0.4, 0.5) is 0 Å². The van der Waals surface area contributed by atoms with E-state index in [2.05, 4.69) is 17.6 Å². The van der Waals surface area contributed by atoms with Crippen LogP contribution in [0.2, 0.25) is 0 Å². The lowest BCUT2D eigenvalue weighted by Gasteiger charge is -2.15. The highest BCUT2D eigenvalue weighted by molar-refractivity contribution is 5.78. The summed E-state index contributed by atoms with van der Waals surface area (Å²) in [6.45, 7) is 2.85. The number of nitrogens with one attached hydrogen (secondary N) is 2. The molecule has 0 bridgehead atoms. The molecule has 2 atom stereocenters. The van der Waals surface area contributed by atoms with E-state index in [0.29, 0.717) is 6.42 Å². The zero-order valence-electron chi connectivity index (χ0n) is 8.82. The van der Waals surface area contributed by atoms with Gasteiger partial charge in [-0.2, -0.15) is 0 Å². The molecule has 1 aliphatic heterocycles. The van der Waals surface area contributed by atoms with Crippen LogP contribution in [0.15, 0.2) is 22.8 Å². The second kappa shape index (κ2) is 4.49. The highest BCUT2D eigenvalue weighted by Gasteiger charge is 2.21. The van der Waals surface area contributed by atoms with E-state index < -0.39 is 0 Å². The maximum atomic E-state index is 11.0. The lowest BCUT2D eigenvalue weighted by atomic mass is 10.2. The Labute approximate surface area is 89.0 Å². The number of amides is 1. The molecule has 1 aromatic rings. The summed E-state index contributed by atoms with van der Waals surface area (Å²) < 4.78 is 5.28. The molecule has 1 fully saturated rings. The number of carbonyl (C=O) groups is 1. The molecule has 4 nitrogen and oxygen atoms in total. The van der Waals surface area contributed by atoms with Crippen LogP contribution in [0.5, 0.6) is 0 Å². The standard InChI is InChI=1S/C11H16N2O2/c1-8(10-3-2-6-15-10)12-7-9-4-5-11(14)13-9/h2-3,6,8-9,12H,4-5,7H2,1H3,(H,13,14). The number of hydrogen-bond acceptors (Lipinski definition) is 3. The van der Waals surface area contributed by atoms with Gasteiger partial charge in [0.15, 0.2) is 0 Å². The van der Waals surface area contributed by atoms with E-state index in [1.54, 1.807) is 6.26 Å². The first kappa shape index (κ1) is 10.2. The summed E-state index contributed by atoms with van der Waals surface area (Å²) in [7, 11) is 0. The van der Waals surface area contributed by atoms with Crippen LogP contribution in [0, 0.1) is 0 Å². The minimum atomic E-state index is 0.160. The first-order valence-corrected chi connectivity index (χ1v) is 5.32. The van der Waals surface area contributed by atoms with Gasteiger partial charge < -0.3 is 15.1 Å². The average Bonchev–Trinajstić information content (AvgIpc) is 2.84. The predicted octanol–water partition coefficient (Wildman–Crippen LogP) is 1.21. The quantitative estimate of drug-likeness (QED) is 0.782. The molecular formula is C11H16N2O2. The van der Waals surface area contributed by atoms with Gasteiger partial charge in [0.1, 0.15) is 5.76 Å². The Balaban J connectivity index is 1.76. The monoisotopic (exact) mass is 208 g/mol. The molecule has 2 rings (SSSR count). The zero-order valence-corrected chi connectivity index (χ0v) is 8.82. The Bertz CT molecular complexity index is 321. The van der Waals surface area contributed by atoms with Crippen molar-refractivity contribution in [2.45, 2.75) is 31.8 Å². The van der Waals surface area contributed by atoms with Crippen LogP contribution in [0.1, 0.15) is 31.6 Å². The Hall–Kier alpha value is -1.29. The fourth-order valence-electron chi connectivity index (χ4n) is 1.79. The summed E-state index contributed by atoms with van der Waals surface area (Å²) in [5.74, 6) is 1.09. The van der Waals surface area contributed by atoms with Gasteiger partial charge in [-0.3, -0.25) is 4.79 Å². The van der Waals surface area contributed by atoms with Gasteiger partial charge in [-0.05, 0) is 25.5 Å². The smallest absolute Gasteiger partial charge is 0.220 e. The van der Waals surface area contributed by atoms with Gasteiger partial charge >= 0.3 is 0 Å². The normalized spacial score (nSPS) is 22.7. The minimum Gasteiger partial charge on any atom is -0.468 e. The molecule has 1 aromatic heterocycles. The van der Waals surface area contributed by atoms with Gasteiger partial charge in [-0.25, -0.2) is 0 Å². The van der Waals surface area contributed by atoms with Crippen molar-refractivity contribution in [3.63, 3.8) is 0 Å². The fraction of sp³-hybridized carbons (Fsp3) is 0.545. The molecule has 2 unspecified atom stereocenters. The summed E-state index contributed by atoms with van der Waals surface area (Å²) in [6.07, 6.45) is 3.25. The van der Waals surface area contributed by atoms with E-state index in [1.165, 1.54) is 0 Å². The van der Waals surface area contributed by atoms with Crippen molar-refractivity contribution in [3.05, 3.63) is 24.2 Å². The summed E-state index contributed by atoms with van der Waals surface area (Å²) in [5, 5.41) is 6.26. The molecule has 0 saturated carbocycles. The predicted molar refractivity (Wildman–Crippen MR) is 56.3 cm³/mol. The number of rotatable bonds is 4. The average molecular weight is 208 g/mol. The van der Waals surface area contributed by atoms with E-state index in [9.17, 15) is 4.79 Å². The van der Waals surface area contributed by atoms with Gasteiger partial charge in [-0.1, -0.05) is 0 Å². The molecule has 1 saturated heterocycles. The maximum Gasteiger partial charge on any atom is 0.220 e. The van der Waals surface area contributed by atoms with Gasteiger partial charge in [-0.15, -0.1) is 0 Å². The van der Waals surface area contributed by atoms with Crippen molar-refractivity contribution in [2.24, 2.45) is 0 Å². The molecule has 0 aromatic carbocycles. The summed E-state index contributed by atoms with van der Waals surface area (Å²) in [6, 6.07) is 4.29. The van der Waals surface area contributed by atoms with Crippen LogP contribution < -0.4 is 10.6 Å². The van der Waals surface area contributed by atoms with Crippen molar-refractivity contribution >= 4 is 5.91 Å². The van der Waals surface area contributed by atoms with Crippen LogP contribution in [0.3, 0.4) is 0 Å². The lowest BCUT2D eigenvalue weighted by Crippen LogP contribution is -2.36. The van der Waals surface area contributed by atoms with Crippen molar-refractivity contribution in [2.75, 3.05) is 6.54 Å². The van der Waals surface area contributed by atoms with Crippen LogP contribution in [-0.2, 0) is 4.79 Å². The molecule has 15 heavy (non-hydrogen) atoms. The van der Waals surface area contributed by atoms with Crippen LogP contribution in [-0.4, -0.2) is 18.5 Å². The number of furan rings is 1. The molecule has 1 aliphatic rings. The Morgan fingerprint density at radius 3 is 3.20 bits per heavy atom. The maximum absolute atomic E-state index is 11.0. The van der Waals surface area contributed by atoms with Crippen LogP contribution >= 0.6 is 0 Å². The summed E-state index contributed by atoms with van der Waals surface area (Å²) in [5.41, 5.74) is 0. The third-order valence-electron chi connectivity index (χ3n) is 2.73. The molecule has 1 amide bonds. The third kappa shape index (κ3) is 2.59. The zero-order chi connectivity index (χ0) is 10.7. The van der Waals surface area contributed by atoms with Crippen LogP contribution in [0.25, 0.3) is 0 Å². The van der Waals surface area contributed by atoms with Crippen molar-refractivity contribution in [1.29, 1.82) is 0 Å². The van der Waals surface area contributed by atoms with Crippen molar-refractivity contribution in [3.8, 4) is 0 Å². The first-order chi connectivity index (χ1) is 7.25. The second-order valence-corrected chi connectivity index (χ2v) is 3.95. The number of carbonyl (C=O) groups excluding carboxylic acids is 1. The molecule has 0 radical (unpaired) electrons. The van der Waals surface area contributed by atoms with Gasteiger partial charge in [0, 0.05) is 19.0 Å². The van der Waals surface area contributed by atoms with Crippen molar-refractivity contribution in [1.82, 2.24) is 10.6 Å². The largest absolute Gasteiger partial charge is 0.468 e. The molecule has 82 valence electrons. The van der Waals surface area contributed by atoms with E-state index >= 15 is 0 Å². The summed E-state index contributed by atoms with van der Waals surface area (Å²) in [4.78, 5) is 11.0. The topological polar surface area (TPSA) is 54.3 Å². The summed E-state index contributed by atoms with van der Waals surface area (Å²) >= 11 is 0. The minimum absolute atomic E-state index is 0.160. The van der Waals surface area contributed by atoms with E-state index in [1.807, 2.05) is 12.1 Å². The van der Waals surface area contributed by atoms with Gasteiger partial charge in [0.2, 0.25) is 5.91 Å². The molecule has 4 heteroatoms. The molecule has 2 N–H and O–H groups in total.